The topological polar surface area (TPSA) is 67.2 Å². The number of carbonyl (C=O) groups excluding carboxylic acids is 2. The lowest BCUT2D eigenvalue weighted by Crippen LogP contribution is -2.24. The van der Waals surface area contributed by atoms with Gasteiger partial charge in [-0.25, -0.2) is 0 Å². The Morgan fingerprint density at radius 3 is 2.73 bits per heavy atom. The van der Waals surface area contributed by atoms with Crippen molar-refractivity contribution >= 4 is 28.8 Å². The Morgan fingerprint density at radius 2 is 2.14 bits per heavy atom. The van der Waals surface area contributed by atoms with Gasteiger partial charge in [-0.2, -0.15) is 5.10 Å². The van der Waals surface area contributed by atoms with Gasteiger partial charge in [-0.05, 0) is 24.8 Å². The first-order valence-electron chi connectivity index (χ1n) is 6.97. The maximum absolute atomic E-state index is 12.2. The monoisotopic (exact) mass is 320 g/mol. The molecule has 2 heterocycles. The molecule has 0 saturated heterocycles. The highest BCUT2D eigenvalue weighted by atomic mass is 32.1. The van der Waals surface area contributed by atoms with Gasteiger partial charge in [0, 0.05) is 32.4 Å². The zero-order valence-corrected chi connectivity index (χ0v) is 14.0. The van der Waals surface area contributed by atoms with E-state index < -0.39 is 0 Å². The summed E-state index contributed by atoms with van der Waals surface area (Å²) in [5.41, 5.74) is 1.53. The van der Waals surface area contributed by atoms with Crippen LogP contribution in [0.1, 0.15) is 27.5 Å². The van der Waals surface area contributed by atoms with Crippen LogP contribution < -0.4 is 5.32 Å². The van der Waals surface area contributed by atoms with Gasteiger partial charge in [-0.1, -0.05) is 6.07 Å². The van der Waals surface area contributed by atoms with Crippen LogP contribution in [0.2, 0.25) is 0 Å². The van der Waals surface area contributed by atoms with Crippen LogP contribution in [0.5, 0.6) is 0 Å². The van der Waals surface area contributed by atoms with E-state index in [4.69, 9.17) is 0 Å². The summed E-state index contributed by atoms with van der Waals surface area (Å²) in [7, 11) is 5.08. The Labute approximate surface area is 133 Å². The molecular weight excluding hydrogens is 300 g/mol. The van der Waals surface area contributed by atoms with Crippen molar-refractivity contribution in [2.75, 3.05) is 19.4 Å². The Kier molecular flexibility index (Phi) is 4.97. The molecule has 2 amide bonds. The van der Waals surface area contributed by atoms with Gasteiger partial charge >= 0.3 is 0 Å². The van der Waals surface area contributed by atoms with Crippen molar-refractivity contribution in [1.29, 1.82) is 0 Å². The van der Waals surface area contributed by atoms with Crippen molar-refractivity contribution in [1.82, 2.24) is 14.7 Å². The van der Waals surface area contributed by atoms with E-state index >= 15 is 0 Å². The molecular formula is C15H20N4O2S. The molecule has 118 valence electrons. The SMILES string of the molecule is Cc1c(NC(=O)CCc2cccs2)c(C(=O)N(C)C)nn1C. The van der Waals surface area contributed by atoms with Crippen LogP contribution in [0.15, 0.2) is 17.5 Å². The molecule has 0 aliphatic heterocycles. The summed E-state index contributed by atoms with van der Waals surface area (Å²) in [6.07, 6.45) is 1.07. The van der Waals surface area contributed by atoms with Crippen LogP contribution >= 0.6 is 11.3 Å². The number of nitrogens with one attached hydrogen (secondary N) is 1. The minimum absolute atomic E-state index is 0.114. The van der Waals surface area contributed by atoms with Crippen LogP contribution in [-0.2, 0) is 18.3 Å². The third-order valence-electron chi connectivity index (χ3n) is 3.39. The van der Waals surface area contributed by atoms with Gasteiger partial charge in [0.05, 0.1) is 11.4 Å². The van der Waals surface area contributed by atoms with Gasteiger partial charge in [-0.15, -0.1) is 11.3 Å². The second-order valence-electron chi connectivity index (χ2n) is 5.26. The number of aryl methyl sites for hydroxylation is 2. The summed E-state index contributed by atoms with van der Waals surface area (Å²) < 4.78 is 1.60. The molecule has 0 fully saturated rings. The number of hydrogen-bond acceptors (Lipinski definition) is 4. The first-order chi connectivity index (χ1) is 10.4. The van der Waals surface area contributed by atoms with Crippen LogP contribution in [0, 0.1) is 6.92 Å². The molecule has 22 heavy (non-hydrogen) atoms. The van der Waals surface area contributed by atoms with Gasteiger partial charge in [0.2, 0.25) is 5.91 Å². The summed E-state index contributed by atoms with van der Waals surface area (Å²) >= 11 is 1.63. The van der Waals surface area contributed by atoms with Crippen molar-refractivity contribution in [2.45, 2.75) is 19.8 Å². The van der Waals surface area contributed by atoms with E-state index in [0.29, 0.717) is 18.5 Å². The van der Waals surface area contributed by atoms with E-state index in [1.807, 2.05) is 24.4 Å². The number of thiophene rings is 1. The predicted molar refractivity (Wildman–Crippen MR) is 87.2 cm³/mol. The molecule has 7 heteroatoms. The first kappa shape index (κ1) is 16.2. The van der Waals surface area contributed by atoms with Crippen LogP contribution in [-0.4, -0.2) is 40.6 Å². The molecule has 2 rings (SSSR count). The molecule has 6 nitrogen and oxygen atoms in total. The molecule has 0 bridgehead atoms. The second kappa shape index (κ2) is 6.74. The zero-order chi connectivity index (χ0) is 16.3. The maximum atomic E-state index is 12.2. The third kappa shape index (κ3) is 3.54. The van der Waals surface area contributed by atoms with E-state index in [1.54, 1.807) is 37.2 Å². The minimum Gasteiger partial charge on any atom is -0.343 e. The van der Waals surface area contributed by atoms with Gasteiger partial charge in [0.1, 0.15) is 0 Å². The van der Waals surface area contributed by atoms with Gasteiger partial charge in [0.15, 0.2) is 5.69 Å². The first-order valence-corrected chi connectivity index (χ1v) is 7.85. The Hall–Kier alpha value is -2.15. The standard InChI is InChI=1S/C15H20N4O2S/c1-10-13(14(17-19(10)4)15(21)18(2)3)16-12(20)8-7-11-6-5-9-22-11/h5-6,9H,7-8H2,1-4H3,(H,16,20). The summed E-state index contributed by atoms with van der Waals surface area (Å²) in [6, 6.07) is 3.98. The fraction of sp³-hybridized carbons (Fsp3) is 0.400. The quantitative estimate of drug-likeness (QED) is 0.917. The minimum atomic E-state index is -0.225. The molecule has 0 unspecified atom stereocenters. The molecule has 0 atom stereocenters. The number of nitrogens with zero attached hydrogens (tertiary/aromatic N) is 3. The Bertz CT molecular complexity index is 674. The van der Waals surface area contributed by atoms with Crippen LogP contribution in [0.25, 0.3) is 0 Å². The largest absolute Gasteiger partial charge is 0.343 e. The molecule has 2 aromatic rings. The molecule has 0 aromatic carbocycles. The number of carbonyl (C=O) groups is 2. The lowest BCUT2D eigenvalue weighted by molar-refractivity contribution is -0.116. The van der Waals surface area contributed by atoms with Crippen molar-refractivity contribution < 1.29 is 9.59 Å². The molecule has 0 spiro atoms. The average Bonchev–Trinajstić information content (AvgIpc) is 3.08. The van der Waals surface area contributed by atoms with Crippen molar-refractivity contribution in [3.05, 3.63) is 33.8 Å². The fourth-order valence-electron chi connectivity index (χ4n) is 2.01. The number of anilines is 1. The van der Waals surface area contributed by atoms with Gasteiger partial charge in [-0.3, -0.25) is 14.3 Å². The van der Waals surface area contributed by atoms with E-state index in [2.05, 4.69) is 10.4 Å². The molecule has 0 radical (unpaired) electrons. The van der Waals surface area contributed by atoms with E-state index in [-0.39, 0.29) is 17.5 Å². The number of aromatic nitrogens is 2. The Morgan fingerprint density at radius 1 is 1.41 bits per heavy atom. The number of hydrogen-bond donors (Lipinski definition) is 1. The van der Waals surface area contributed by atoms with Gasteiger partial charge in [0.25, 0.3) is 5.91 Å². The number of rotatable bonds is 5. The highest BCUT2D eigenvalue weighted by molar-refractivity contribution is 7.09. The zero-order valence-electron chi connectivity index (χ0n) is 13.2. The summed E-state index contributed by atoms with van der Waals surface area (Å²) in [6.45, 7) is 1.83. The van der Waals surface area contributed by atoms with Crippen LogP contribution in [0.4, 0.5) is 5.69 Å². The maximum Gasteiger partial charge on any atom is 0.276 e. The Balaban J connectivity index is 2.11. The molecule has 1 N–H and O–H groups in total. The highest BCUT2D eigenvalue weighted by Crippen LogP contribution is 2.21. The summed E-state index contributed by atoms with van der Waals surface area (Å²) in [4.78, 5) is 26.9. The highest BCUT2D eigenvalue weighted by Gasteiger charge is 2.22. The molecule has 0 aliphatic rings. The van der Waals surface area contributed by atoms with Crippen LogP contribution in [0.3, 0.4) is 0 Å². The number of amides is 2. The van der Waals surface area contributed by atoms with E-state index in [9.17, 15) is 9.59 Å². The molecule has 0 saturated carbocycles. The van der Waals surface area contributed by atoms with Crippen molar-refractivity contribution in [3.63, 3.8) is 0 Å². The predicted octanol–water partition coefficient (Wildman–Crippen LogP) is 2.06. The van der Waals surface area contributed by atoms with Crippen molar-refractivity contribution in [2.24, 2.45) is 7.05 Å². The average molecular weight is 320 g/mol. The lowest BCUT2D eigenvalue weighted by Gasteiger charge is -2.10. The molecule has 2 aromatic heterocycles. The van der Waals surface area contributed by atoms with Crippen molar-refractivity contribution in [3.8, 4) is 0 Å². The van der Waals surface area contributed by atoms with Gasteiger partial charge < -0.3 is 10.2 Å². The lowest BCUT2D eigenvalue weighted by atomic mass is 10.2. The van der Waals surface area contributed by atoms with E-state index in [1.165, 1.54) is 9.78 Å². The second-order valence-corrected chi connectivity index (χ2v) is 6.29. The normalized spacial score (nSPS) is 10.5. The summed E-state index contributed by atoms with van der Waals surface area (Å²) in [5.74, 6) is -0.338. The third-order valence-corrected chi connectivity index (χ3v) is 4.32. The smallest absolute Gasteiger partial charge is 0.276 e. The van der Waals surface area contributed by atoms with E-state index in [0.717, 1.165) is 5.69 Å². The molecule has 0 aliphatic carbocycles. The fourth-order valence-corrected chi connectivity index (χ4v) is 2.72. The summed E-state index contributed by atoms with van der Waals surface area (Å²) in [5, 5.41) is 9.03.